The second-order valence-electron chi connectivity index (χ2n) is 6.87. The van der Waals surface area contributed by atoms with Gasteiger partial charge in [-0.15, -0.1) is 5.10 Å². The first-order chi connectivity index (χ1) is 13.7. The predicted octanol–water partition coefficient (Wildman–Crippen LogP) is 2.40. The van der Waals surface area contributed by atoms with Crippen molar-refractivity contribution in [1.82, 2.24) is 20.2 Å². The molecule has 8 heteroatoms. The van der Waals surface area contributed by atoms with Crippen LogP contribution in [0.2, 0.25) is 0 Å². The van der Waals surface area contributed by atoms with Crippen LogP contribution < -0.4 is 20.0 Å². The summed E-state index contributed by atoms with van der Waals surface area (Å²) in [7, 11) is 4.04. The normalized spacial score (nSPS) is 14.1. The third-order valence-electron chi connectivity index (χ3n) is 4.76. The summed E-state index contributed by atoms with van der Waals surface area (Å²) in [4.78, 5) is 15.7. The fourth-order valence-corrected chi connectivity index (χ4v) is 3.18. The maximum absolute atomic E-state index is 4.64. The molecule has 0 amide bonds. The molecular formula is C20H24N8. The Labute approximate surface area is 164 Å². The third-order valence-corrected chi connectivity index (χ3v) is 4.76. The lowest BCUT2D eigenvalue weighted by molar-refractivity contribution is 0.639. The first-order valence-corrected chi connectivity index (χ1v) is 9.34. The number of piperazine rings is 1. The van der Waals surface area contributed by atoms with E-state index in [1.54, 1.807) is 6.20 Å². The summed E-state index contributed by atoms with van der Waals surface area (Å²) in [5.41, 5.74) is 2.08. The van der Waals surface area contributed by atoms with Crippen LogP contribution in [-0.2, 0) is 0 Å². The van der Waals surface area contributed by atoms with Gasteiger partial charge in [0.25, 0.3) is 0 Å². The molecule has 0 atom stereocenters. The molecule has 0 bridgehead atoms. The summed E-state index contributed by atoms with van der Waals surface area (Å²) in [5, 5.41) is 11.5. The molecule has 8 nitrogen and oxygen atoms in total. The minimum atomic E-state index is 0.502. The highest BCUT2D eigenvalue weighted by Gasteiger charge is 2.19. The van der Waals surface area contributed by atoms with Crippen molar-refractivity contribution in [3.8, 4) is 0 Å². The lowest BCUT2D eigenvalue weighted by atomic mass is 10.2. The highest BCUT2D eigenvalue weighted by molar-refractivity contribution is 5.59. The molecule has 1 fully saturated rings. The summed E-state index contributed by atoms with van der Waals surface area (Å²) in [5.74, 6) is 2.36. The van der Waals surface area contributed by atoms with Gasteiger partial charge in [-0.1, -0.05) is 6.07 Å². The minimum absolute atomic E-state index is 0.502. The smallest absolute Gasteiger partial charge is 0.249 e. The van der Waals surface area contributed by atoms with Crippen molar-refractivity contribution in [2.24, 2.45) is 0 Å². The molecule has 0 aliphatic carbocycles. The lowest BCUT2D eigenvalue weighted by Gasteiger charge is -2.35. The van der Waals surface area contributed by atoms with E-state index in [-0.39, 0.29) is 0 Å². The van der Waals surface area contributed by atoms with Crippen LogP contribution in [0, 0.1) is 0 Å². The summed E-state index contributed by atoms with van der Waals surface area (Å²) in [6.45, 7) is 3.53. The molecule has 0 radical (unpaired) electrons. The van der Waals surface area contributed by atoms with Crippen LogP contribution in [-0.4, -0.2) is 60.4 Å². The monoisotopic (exact) mass is 376 g/mol. The van der Waals surface area contributed by atoms with Crippen LogP contribution in [0.25, 0.3) is 0 Å². The number of benzene rings is 1. The van der Waals surface area contributed by atoms with Gasteiger partial charge in [-0.3, -0.25) is 0 Å². The molecule has 0 spiro atoms. The van der Waals surface area contributed by atoms with Crippen LogP contribution in [0.1, 0.15) is 0 Å². The first-order valence-electron chi connectivity index (χ1n) is 9.34. The van der Waals surface area contributed by atoms with Crippen LogP contribution in [0.3, 0.4) is 0 Å². The lowest BCUT2D eigenvalue weighted by Crippen LogP contribution is -2.47. The molecule has 0 unspecified atom stereocenters. The number of rotatable bonds is 5. The van der Waals surface area contributed by atoms with Gasteiger partial charge in [0.15, 0.2) is 5.82 Å². The number of hydrogen-bond acceptors (Lipinski definition) is 8. The first kappa shape index (κ1) is 18.0. The van der Waals surface area contributed by atoms with Crippen LogP contribution in [0.5, 0.6) is 0 Å². The van der Waals surface area contributed by atoms with E-state index in [2.05, 4.69) is 52.3 Å². The molecule has 2 aromatic heterocycles. The van der Waals surface area contributed by atoms with Crippen molar-refractivity contribution >= 4 is 29.0 Å². The molecule has 1 aliphatic rings. The van der Waals surface area contributed by atoms with Gasteiger partial charge in [0.1, 0.15) is 5.82 Å². The molecule has 144 valence electrons. The summed E-state index contributed by atoms with van der Waals surface area (Å²) in [6, 6.07) is 14.1. The largest absolute Gasteiger partial charge is 0.378 e. The van der Waals surface area contributed by atoms with E-state index in [0.717, 1.165) is 49.2 Å². The molecule has 1 N–H and O–H groups in total. The number of nitrogens with one attached hydrogen (secondary N) is 1. The second-order valence-corrected chi connectivity index (χ2v) is 6.87. The van der Waals surface area contributed by atoms with E-state index in [9.17, 15) is 0 Å². The minimum Gasteiger partial charge on any atom is -0.378 e. The van der Waals surface area contributed by atoms with Gasteiger partial charge in [-0.2, -0.15) is 10.1 Å². The molecule has 1 aliphatic heterocycles. The maximum atomic E-state index is 4.64. The van der Waals surface area contributed by atoms with Gasteiger partial charge >= 0.3 is 0 Å². The van der Waals surface area contributed by atoms with Gasteiger partial charge in [0, 0.05) is 57.8 Å². The van der Waals surface area contributed by atoms with Gasteiger partial charge in [0.05, 0.1) is 6.20 Å². The van der Waals surface area contributed by atoms with Gasteiger partial charge in [-0.25, -0.2) is 4.98 Å². The summed E-state index contributed by atoms with van der Waals surface area (Å²) < 4.78 is 0. The van der Waals surface area contributed by atoms with Crippen molar-refractivity contribution in [3.05, 3.63) is 54.9 Å². The highest BCUT2D eigenvalue weighted by atomic mass is 15.3. The Hall–Kier alpha value is -3.42. The van der Waals surface area contributed by atoms with Crippen molar-refractivity contribution in [3.63, 3.8) is 0 Å². The van der Waals surface area contributed by atoms with E-state index in [1.165, 1.54) is 0 Å². The Morgan fingerprint density at radius 2 is 1.61 bits per heavy atom. The van der Waals surface area contributed by atoms with Crippen molar-refractivity contribution in [2.75, 3.05) is 60.3 Å². The predicted molar refractivity (Wildman–Crippen MR) is 113 cm³/mol. The van der Waals surface area contributed by atoms with E-state index in [0.29, 0.717) is 5.95 Å². The standard InChI is InChI=1S/C20H24N8/c1-26(2)17-8-6-16(7-9-17)23-20-24-19(15-22-25-20)28-13-11-27(12-14-28)18-5-3-4-10-21-18/h3-10,15H,11-14H2,1-2H3,(H,23,24,25). The number of nitrogens with zero attached hydrogens (tertiary/aromatic N) is 7. The molecule has 1 aromatic carbocycles. The Kier molecular flexibility index (Phi) is 5.18. The molecule has 3 heterocycles. The molecule has 0 saturated carbocycles. The Morgan fingerprint density at radius 1 is 0.893 bits per heavy atom. The Bertz CT molecular complexity index is 890. The van der Waals surface area contributed by atoms with Crippen LogP contribution in [0.15, 0.2) is 54.9 Å². The average Bonchev–Trinajstić information content (AvgIpc) is 2.75. The fraction of sp³-hybridized carbons (Fsp3) is 0.300. The Morgan fingerprint density at radius 3 is 2.25 bits per heavy atom. The fourth-order valence-electron chi connectivity index (χ4n) is 3.18. The van der Waals surface area contributed by atoms with Crippen LogP contribution >= 0.6 is 0 Å². The molecule has 1 saturated heterocycles. The molecule has 3 aromatic rings. The summed E-state index contributed by atoms with van der Waals surface area (Å²) in [6.07, 6.45) is 3.55. The zero-order valence-electron chi connectivity index (χ0n) is 16.2. The van der Waals surface area contributed by atoms with E-state index < -0.39 is 0 Å². The van der Waals surface area contributed by atoms with E-state index in [1.807, 2.05) is 50.6 Å². The van der Waals surface area contributed by atoms with Crippen molar-refractivity contribution in [1.29, 1.82) is 0 Å². The summed E-state index contributed by atoms with van der Waals surface area (Å²) >= 11 is 0. The number of aromatic nitrogens is 4. The molecular weight excluding hydrogens is 352 g/mol. The highest BCUT2D eigenvalue weighted by Crippen LogP contribution is 2.20. The topological polar surface area (TPSA) is 73.3 Å². The zero-order chi connectivity index (χ0) is 19.3. The van der Waals surface area contributed by atoms with Gasteiger partial charge in [-0.05, 0) is 36.4 Å². The maximum Gasteiger partial charge on any atom is 0.249 e. The van der Waals surface area contributed by atoms with Crippen molar-refractivity contribution in [2.45, 2.75) is 0 Å². The quantitative estimate of drug-likeness (QED) is 0.728. The van der Waals surface area contributed by atoms with E-state index >= 15 is 0 Å². The number of pyridine rings is 1. The van der Waals surface area contributed by atoms with Gasteiger partial charge in [0.2, 0.25) is 5.95 Å². The third kappa shape index (κ3) is 4.11. The number of hydrogen-bond donors (Lipinski definition) is 1. The molecule has 28 heavy (non-hydrogen) atoms. The average molecular weight is 376 g/mol. The van der Waals surface area contributed by atoms with E-state index in [4.69, 9.17) is 0 Å². The van der Waals surface area contributed by atoms with Gasteiger partial charge < -0.3 is 20.0 Å². The Balaban J connectivity index is 1.40. The number of anilines is 5. The SMILES string of the molecule is CN(C)c1ccc(Nc2nncc(N3CCN(c4ccccn4)CC3)n2)cc1. The second kappa shape index (κ2) is 8.08. The van der Waals surface area contributed by atoms with Crippen molar-refractivity contribution < 1.29 is 0 Å². The zero-order valence-corrected chi connectivity index (χ0v) is 16.2. The molecule has 4 rings (SSSR count). The van der Waals surface area contributed by atoms with Crippen LogP contribution in [0.4, 0.5) is 29.0 Å².